The van der Waals surface area contributed by atoms with Crippen molar-refractivity contribution >= 4 is 0 Å². The highest BCUT2D eigenvalue weighted by molar-refractivity contribution is 5.44. The minimum absolute atomic E-state index is 0.371. The van der Waals surface area contributed by atoms with Gasteiger partial charge in [-0.15, -0.1) is 0 Å². The van der Waals surface area contributed by atoms with E-state index in [2.05, 4.69) is 22.8 Å². The molecule has 4 heteroatoms. The van der Waals surface area contributed by atoms with Crippen molar-refractivity contribution in [2.24, 2.45) is 5.92 Å². The van der Waals surface area contributed by atoms with E-state index in [1.54, 1.807) is 14.2 Å². The molecular weight excluding hydrogens is 216 g/mol. The summed E-state index contributed by atoms with van der Waals surface area (Å²) in [6.45, 7) is 2.14. The van der Waals surface area contributed by atoms with Gasteiger partial charge < -0.3 is 20.1 Å². The molecule has 1 aliphatic heterocycles. The predicted octanol–water partition coefficient (Wildman–Crippen LogP) is 1.18. The maximum Gasteiger partial charge on any atom is 0.161 e. The van der Waals surface area contributed by atoms with E-state index in [-0.39, 0.29) is 0 Å². The summed E-state index contributed by atoms with van der Waals surface area (Å²) in [7, 11) is 5.32. The molecule has 0 bridgehead atoms. The second-order valence-electron chi connectivity index (χ2n) is 4.30. The molecule has 0 amide bonds. The number of benzene rings is 1. The molecule has 1 aromatic rings. The van der Waals surface area contributed by atoms with Crippen molar-refractivity contribution in [1.82, 2.24) is 10.6 Å². The van der Waals surface area contributed by atoms with Crippen LogP contribution in [0, 0.1) is 5.92 Å². The zero-order chi connectivity index (χ0) is 12.3. The van der Waals surface area contributed by atoms with Gasteiger partial charge in [0.2, 0.25) is 0 Å². The van der Waals surface area contributed by atoms with Gasteiger partial charge in [0.15, 0.2) is 11.5 Å². The van der Waals surface area contributed by atoms with Gasteiger partial charge in [-0.1, -0.05) is 6.07 Å². The van der Waals surface area contributed by atoms with Crippen LogP contribution in [0.5, 0.6) is 11.5 Å². The lowest BCUT2D eigenvalue weighted by molar-refractivity contribution is 0.267. The van der Waals surface area contributed by atoms with Gasteiger partial charge in [0.05, 0.1) is 14.2 Å². The smallest absolute Gasteiger partial charge is 0.161 e. The van der Waals surface area contributed by atoms with E-state index >= 15 is 0 Å². The fourth-order valence-corrected chi connectivity index (χ4v) is 2.27. The van der Waals surface area contributed by atoms with Crippen molar-refractivity contribution in [1.29, 1.82) is 0 Å². The number of hydrogen-bond acceptors (Lipinski definition) is 4. The van der Waals surface area contributed by atoms with Crippen LogP contribution in [0.4, 0.5) is 0 Å². The monoisotopic (exact) mass is 236 g/mol. The average Bonchev–Trinajstić information content (AvgIpc) is 2.32. The molecule has 0 aliphatic carbocycles. The molecule has 1 unspecified atom stereocenters. The molecule has 1 fully saturated rings. The molecule has 0 saturated carbocycles. The van der Waals surface area contributed by atoms with E-state index in [1.807, 2.05) is 13.1 Å². The Bertz CT molecular complexity index is 378. The van der Waals surface area contributed by atoms with Crippen molar-refractivity contribution in [3.8, 4) is 11.5 Å². The molecule has 17 heavy (non-hydrogen) atoms. The molecule has 0 spiro atoms. The van der Waals surface area contributed by atoms with Crippen LogP contribution in [0.2, 0.25) is 0 Å². The minimum atomic E-state index is 0.371. The van der Waals surface area contributed by atoms with E-state index in [4.69, 9.17) is 9.47 Å². The summed E-state index contributed by atoms with van der Waals surface area (Å²) in [6.07, 6.45) is 0. The molecule has 0 radical (unpaired) electrons. The molecule has 2 rings (SSSR count). The van der Waals surface area contributed by atoms with Crippen LogP contribution in [0.3, 0.4) is 0 Å². The lowest BCUT2D eigenvalue weighted by atomic mass is 9.88. The summed E-state index contributed by atoms with van der Waals surface area (Å²) in [5.74, 6) is 2.22. The Morgan fingerprint density at radius 1 is 1.24 bits per heavy atom. The van der Waals surface area contributed by atoms with E-state index < -0.39 is 0 Å². The van der Waals surface area contributed by atoms with Gasteiger partial charge in [-0.2, -0.15) is 0 Å². The summed E-state index contributed by atoms with van der Waals surface area (Å²) in [4.78, 5) is 0. The first kappa shape index (κ1) is 12.2. The molecule has 1 saturated heterocycles. The van der Waals surface area contributed by atoms with Crippen LogP contribution >= 0.6 is 0 Å². The molecule has 1 heterocycles. The largest absolute Gasteiger partial charge is 0.493 e. The molecule has 2 N–H and O–H groups in total. The maximum absolute atomic E-state index is 5.33. The van der Waals surface area contributed by atoms with Gasteiger partial charge in [0.25, 0.3) is 0 Å². The highest BCUT2D eigenvalue weighted by Gasteiger charge is 2.27. The molecular formula is C13H20N2O2. The molecule has 1 atom stereocenters. The van der Waals surface area contributed by atoms with Crippen LogP contribution in [0.1, 0.15) is 11.6 Å². The topological polar surface area (TPSA) is 42.5 Å². The second kappa shape index (κ2) is 5.38. The van der Waals surface area contributed by atoms with E-state index in [1.165, 1.54) is 5.56 Å². The first-order chi connectivity index (χ1) is 8.30. The van der Waals surface area contributed by atoms with Crippen LogP contribution in [-0.4, -0.2) is 34.4 Å². The third-order valence-corrected chi connectivity index (χ3v) is 3.36. The number of methoxy groups -OCH3 is 2. The summed E-state index contributed by atoms with van der Waals surface area (Å²) in [6, 6.07) is 6.49. The third-order valence-electron chi connectivity index (χ3n) is 3.36. The van der Waals surface area contributed by atoms with Crippen LogP contribution in [-0.2, 0) is 0 Å². The standard InChI is InChI=1S/C13H20N2O2/c1-14-13(10-7-15-8-10)9-4-5-11(16-2)12(6-9)17-3/h4-6,10,13-15H,7-8H2,1-3H3. The SMILES string of the molecule is CNC(c1ccc(OC)c(OC)c1)C1CNC1. The van der Waals surface area contributed by atoms with Gasteiger partial charge in [0.1, 0.15) is 0 Å². The van der Waals surface area contributed by atoms with Crippen molar-refractivity contribution in [2.45, 2.75) is 6.04 Å². The van der Waals surface area contributed by atoms with Gasteiger partial charge in [-0.25, -0.2) is 0 Å². The zero-order valence-corrected chi connectivity index (χ0v) is 10.6. The normalized spacial score (nSPS) is 17.4. The average molecular weight is 236 g/mol. The Morgan fingerprint density at radius 2 is 1.94 bits per heavy atom. The zero-order valence-electron chi connectivity index (χ0n) is 10.6. The van der Waals surface area contributed by atoms with Gasteiger partial charge in [-0.3, -0.25) is 0 Å². The van der Waals surface area contributed by atoms with Crippen LogP contribution < -0.4 is 20.1 Å². The highest BCUT2D eigenvalue weighted by Crippen LogP contribution is 2.33. The highest BCUT2D eigenvalue weighted by atomic mass is 16.5. The number of nitrogens with one attached hydrogen (secondary N) is 2. The van der Waals surface area contributed by atoms with Crippen molar-refractivity contribution in [3.63, 3.8) is 0 Å². The van der Waals surface area contributed by atoms with Crippen molar-refractivity contribution < 1.29 is 9.47 Å². The summed E-state index contributed by atoms with van der Waals surface area (Å²) >= 11 is 0. The molecule has 94 valence electrons. The van der Waals surface area contributed by atoms with Gasteiger partial charge in [0, 0.05) is 25.0 Å². The first-order valence-electron chi connectivity index (χ1n) is 5.90. The number of rotatable bonds is 5. The van der Waals surface area contributed by atoms with Gasteiger partial charge in [-0.05, 0) is 24.7 Å². The second-order valence-corrected chi connectivity index (χ2v) is 4.30. The fourth-order valence-electron chi connectivity index (χ4n) is 2.27. The van der Waals surface area contributed by atoms with E-state index in [0.717, 1.165) is 24.6 Å². The maximum atomic E-state index is 5.33. The minimum Gasteiger partial charge on any atom is -0.493 e. The summed E-state index contributed by atoms with van der Waals surface area (Å²) < 4.78 is 10.6. The van der Waals surface area contributed by atoms with E-state index in [0.29, 0.717) is 12.0 Å². The van der Waals surface area contributed by atoms with Crippen molar-refractivity contribution in [3.05, 3.63) is 23.8 Å². The quantitative estimate of drug-likeness (QED) is 0.806. The molecule has 1 aromatic carbocycles. The van der Waals surface area contributed by atoms with Crippen LogP contribution in [0.25, 0.3) is 0 Å². The van der Waals surface area contributed by atoms with Crippen LogP contribution in [0.15, 0.2) is 18.2 Å². The number of hydrogen-bond donors (Lipinski definition) is 2. The summed E-state index contributed by atoms with van der Waals surface area (Å²) in [5, 5.41) is 6.67. The lowest BCUT2D eigenvalue weighted by Gasteiger charge is -2.35. The molecule has 4 nitrogen and oxygen atoms in total. The Morgan fingerprint density at radius 3 is 2.41 bits per heavy atom. The Kier molecular flexibility index (Phi) is 3.86. The summed E-state index contributed by atoms with van der Waals surface area (Å²) in [5.41, 5.74) is 1.25. The molecule has 1 aliphatic rings. The predicted molar refractivity (Wildman–Crippen MR) is 67.7 cm³/mol. The first-order valence-corrected chi connectivity index (χ1v) is 5.90. The Labute approximate surface area is 102 Å². The van der Waals surface area contributed by atoms with Crippen molar-refractivity contribution in [2.75, 3.05) is 34.4 Å². The Balaban J connectivity index is 2.24. The third kappa shape index (κ3) is 2.37. The van der Waals surface area contributed by atoms with E-state index in [9.17, 15) is 0 Å². The molecule has 0 aromatic heterocycles. The van der Waals surface area contributed by atoms with Gasteiger partial charge >= 0.3 is 0 Å². The fraction of sp³-hybridized carbons (Fsp3) is 0.538. The lowest BCUT2D eigenvalue weighted by Crippen LogP contribution is -2.48. The Hall–Kier alpha value is -1.26. The number of ether oxygens (including phenoxy) is 2.